The summed E-state index contributed by atoms with van der Waals surface area (Å²) in [6, 6.07) is 4.68. The van der Waals surface area contributed by atoms with Crippen molar-refractivity contribution in [1.29, 1.82) is 0 Å². The Morgan fingerprint density at radius 2 is 1.83 bits per heavy atom. The number of carbonyl (C=O) groups is 1. The highest BCUT2D eigenvalue weighted by Gasteiger charge is 2.26. The molecular weight excluding hydrogens is 385 g/mol. The van der Waals surface area contributed by atoms with Gasteiger partial charge >= 0.3 is 0 Å². The fourth-order valence-corrected chi connectivity index (χ4v) is 3.95. The number of hydrogen-bond donors (Lipinski definition) is 0. The first kappa shape index (κ1) is 20.5. The minimum Gasteiger partial charge on any atom is -0.378 e. The maximum absolute atomic E-state index is 14.0. The summed E-state index contributed by atoms with van der Waals surface area (Å²) in [5.41, 5.74) is 3.00. The minimum atomic E-state index is -0.352. The van der Waals surface area contributed by atoms with Crippen LogP contribution in [0.4, 0.5) is 16.2 Å². The highest BCUT2D eigenvalue weighted by atomic mass is 19.1. The third-order valence-corrected chi connectivity index (χ3v) is 5.73. The van der Waals surface area contributed by atoms with Gasteiger partial charge in [0.25, 0.3) is 5.91 Å². The highest BCUT2D eigenvalue weighted by Crippen LogP contribution is 2.27. The van der Waals surface area contributed by atoms with Gasteiger partial charge in [0.2, 0.25) is 5.95 Å². The monoisotopic (exact) mass is 413 g/mol. The summed E-state index contributed by atoms with van der Waals surface area (Å²) in [5, 5.41) is 0. The van der Waals surface area contributed by atoms with Crippen LogP contribution in [0, 0.1) is 12.7 Å². The second-order valence-corrected chi connectivity index (χ2v) is 8.02. The molecule has 1 aromatic carbocycles. The zero-order chi connectivity index (χ0) is 21.3. The van der Waals surface area contributed by atoms with E-state index in [2.05, 4.69) is 4.90 Å². The van der Waals surface area contributed by atoms with Crippen LogP contribution in [0.15, 0.2) is 18.2 Å². The Kier molecular flexibility index (Phi) is 5.85. The van der Waals surface area contributed by atoms with Crippen LogP contribution in [0.3, 0.4) is 0 Å². The molecule has 160 valence electrons. The van der Waals surface area contributed by atoms with Crippen LogP contribution in [0.5, 0.6) is 0 Å². The third-order valence-electron chi connectivity index (χ3n) is 5.73. The molecule has 3 heterocycles. The molecule has 2 aromatic rings. The highest BCUT2D eigenvalue weighted by molar-refractivity contribution is 5.94. The molecule has 7 nitrogen and oxygen atoms in total. The summed E-state index contributed by atoms with van der Waals surface area (Å²) in [4.78, 5) is 28.6. The maximum atomic E-state index is 14.0. The molecule has 2 aliphatic heterocycles. The molecular formula is C22H28FN5O2. The molecule has 0 aliphatic carbocycles. The number of carbonyl (C=O) groups excluding carboxylic acids is 1. The SMILES string of the molecule is Cc1ccc(C(=O)N2CCc3nc(N4CCOCC4)nc(N(C)C)c3CC2)cc1F. The van der Waals surface area contributed by atoms with Gasteiger partial charge in [0.05, 0.1) is 18.9 Å². The summed E-state index contributed by atoms with van der Waals surface area (Å²) >= 11 is 0. The summed E-state index contributed by atoms with van der Waals surface area (Å²) < 4.78 is 19.4. The number of amides is 1. The third kappa shape index (κ3) is 4.09. The Morgan fingerprint density at radius 3 is 2.53 bits per heavy atom. The number of benzene rings is 1. The Bertz CT molecular complexity index is 943. The molecule has 0 radical (unpaired) electrons. The van der Waals surface area contributed by atoms with Gasteiger partial charge in [0.1, 0.15) is 11.6 Å². The zero-order valence-corrected chi connectivity index (χ0v) is 17.8. The summed E-state index contributed by atoms with van der Waals surface area (Å²) in [6.45, 7) is 5.70. The van der Waals surface area contributed by atoms with Crippen molar-refractivity contribution in [1.82, 2.24) is 14.9 Å². The average Bonchev–Trinajstić information content (AvgIpc) is 2.97. The summed E-state index contributed by atoms with van der Waals surface area (Å²) in [7, 11) is 3.96. The van der Waals surface area contributed by atoms with Crippen molar-refractivity contribution in [2.75, 3.05) is 63.3 Å². The van der Waals surface area contributed by atoms with Gasteiger partial charge in [0, 0.05) is 57.8 Å². The first-order chi connectivity index (χ1) is 14.4. The van der Waals surface area contributed by atoms with Gasteiger partial charge in [-0.25, -0.2) is 9.37 Å². The van der Waals surface area contributed by atoms with Crippen molar-refractivity contribution in [3.63, 3.8) is 0 Å². The normalized spacial score (nSPS) is 16.8. The molecule has 8 heteroatoms. The van der Waals surface area contributed by atoms with E-state index in [4.69, 9.17) is 14.7 Å². The summed E-state index contributed by atoms with van der Waals surface area (Å²) in [5.74, 6) is 1.13. The van der Waals surface area contributed by atoms with E-state index in [-0.39, 0.29) is 11.7 Å². The molecule has 0 unspecified atom stereocenters. The van der Waals surface area contributed by atoms with Crippen molar-refractivity contribution in [2.24, 2.45) is 0 Å². The number of anilines is 2. The van der Waals surface area contributed by atoms with E-state index in [1.807, 2.05) is 19.0 Å². The fraction of sp³-hybridized carbons (Fsp3) is 0.500. The van der Waals surface area contributed by atoms with Gasteiger partial charge in [0.15, 0.2) is 0 Å². The van der Waals surface area contributed by atoms with Crippen molar-refractivity contribution in [2.45, 2.75) is 19.8 Å². The average molecular weight is 413 g/mol. The quantitative estimate of drug-likeness (QED) is 0.768. The standard InChI is InChI=1S/C22H28FN5O2/c1-15-4-5-16(14-18(15)23)21(29)27-8-6-17-19(7-9-27)24-22(25-20(17)26(2)3)28-10-12-30-13-11-28/h4-5,14H,6-13H2,1-3H3. The Morgan fingerprint density at radius 1 is 1.10 bits per heavy atom. The number of halogens is 1. The molecule has 0 atom stereocenters. The first-order valence-corrected chi connectivity index (χ1v) is 10.4. The zero-order valence-electron chi connectivity index (χ0n) is 17.8. The number of fused-ring (bicyclic) bond motifs is 1. The number of ether oxygens (including phenoxy) is 1. The Balaban J connectivity index is 1.59. The van der Waals surface area contributed by atoms with E-state index >= 15 is 0 Å². The number of nitrogens with zero attached hydrogens (tertiary/aromatic N) is 5. The van der Waals surface area contributed by atoms with Crippen molar-refractivity contribution in [3.8, 4) is 0 Å². The molecule has 2 aliphatic rings. The molecule has 1 saturated heterocycles. The summed E-state index contributed by atoms with van der Waals surface area (Å²) in [6.07, 6.45) is 1.32. The second-order valence-electron chi connectivity index (χ2n) is 8.02. The van der Waals surface area contributed by atoms with Crippen LogP contribution in [0.25, 0.3) is 0 Å². The predicted octanol–water partition coefficient (Wildman–Crippen LogP) is 2.07. The van der Waals surface area contributed by atoms with Gasteiger partial charge < -0.3 is 19.4 Å². The lowest BCUT2D eigenvalue weighted by atomic mass is 10.1. The van der Waals surface area contributed by atoms with Crippen LogP contribution < -0.4 is 9.80 Å². The minimum absolute atomic E-state index is 0.144. The van der Waals surface area contributed by atoms with E-state index in [1.54, 1.807) is 24.0 Å². The number of rotatable bonds is 3. The van der Waals surface area contributed by atoms with Crippen LogP contribution in [0.1, 0.15) is 27.2 Å². The van der Waals surface area contributed by atoms with E-state index in [1.165, 1.54) is 6.07 Å². The van der Waals surface area contributed by atoms with Crippen LogP contribution >= 0.6 is 0 Å². The van der Waals surface area contributed by atoms with Crippen molar-refractivity contribution < 1.29 is 13.9 Å². The molecule has 1 aromatic heterocycles. The molecule has 0 saturated carbocycles. The topological polar surface area (TPSA) is 61.8 Å². The fourth-order valence-electron chi connectivity index (χ4n) is 3.95. The lowest BCUT2D eigenvalue weighted by Crippen LogP contribution is -2.38. The van der Waals surface area contributed by atoms with Crippen LogP contribution in [-0.2, 0) is 17.6 Å². The number of aromatic nitrogens is 2. The van der Waals surface area contributed by atoms with Gasteiger partial charge in [-0.3, -0.25) is 4.79 Å². The second kappa shape index (κ2) is 8.55. The van der Waals surface area contributed by atoms with Gasteiger partial charge in [-0.15, -0.1) is 0 Å². The van der Waals surface area contributed by atoms with Gasteiger partial charge in [-0.1, -0.05) is 6.07 Å². The van der Waals surface area contributed by atoms with E-state index in [0.29, 0.717) is 50.3 Å². The van der Waals surface area contributed by atoms with E-state index in [9.17, 15) is 9.18 Å². The molecule has 0 N–H and O–H groups in total. The van der Waals surface area contributed by atoms with Crippen LogP contribution in [0.2, 0.25) is 0 Å². The molecule has 1 fully saturated rings. The molecule has 4 rings (SSSR count). The Labute approximate surface area is 176 Å². The lowest BCUT2D eigenvalue weighted by molar-refractivity contribution is 0.0762. The predicted molar refractivity (Wildman–Crippen MR) is 114 cm³/mol. The maximum Gasteiger partial charge on any atom is 0.253 e. The number of aryl methyl sites for hydroxylation is 1. The van der Waals surface area contributed by atoms with Gasteiger partial charge in [-0.2, -0.15) is 4.98 Å². The first-order valence-electron chi connectivity index (χ1n) is 10.4. The van der Waals surface area contributed by atoms with Gasteiger partial charge in [-0.05, 0) is 31.0 Å². The number of morpholine rings is 1. The van der Waals surface area contributed by atoms with E-state index < -0.39 is 0 Å². The van der Waals surface area contributed by atoms with E-state index in [0.717, 1.165) is 36.1 Å². The lowest BCUT2D eigenvalue weighted by Gasteiger charge is -2.28. The number of hydrogen-bond acceptors (Lipinski definition) is 6. The largest absolute Gasteiger partial charge is 0.378 e. The molecule has 0 spiro atoms. The molecule has 1 amide bonds. The van der Waals surface area contributed by atoms with Crippen LogP contribution in [-0.4, -0.2) is 74.3 Å². The Hall–Kier alpha value is -2.74. The smallest absolute Gasteiger partial charge is 0.253 e. The van der Waals surface area contributed by atoms with Crippen molar-refractivity contribution >= 4 is 17.7 Å². The molecule has 30 heavy (non-hydrogen) atoms. The molecule has 0 bridgehead atoms. The van der Waals surface area contributed by atoms with Crippen molar-refractivity contribution in [3.05, 3.63) is 46.4 Å².